The molecule has 25 heavy (non-hydrogen) atoms. The maximum atomic E-state index is 12.0. The van der Waals surface area contributed by atoms with Gasteiger partial charge in [0.25, 0.3) is 5.91 Å². The van der Waals surface area contributed by atoms with Crippen LogP contribution in [0.1, 0.15) is 32.6 Å². The van der Waals surface area contributed by atoms with Gasteiger partial charge in [-0.15, -0.1) is 0 Å². The molecule has 5 nitrogen and oxygen atoms in total. The topological polar surface area (TPSA) is 55.8 Å². The number of nitrogens with zero attached hydrogens (tertiary/aromatic N) is 1. The van der Waals surface area contributed by atoms with Gasteiger partial charge >= 0.3 is 5.97 Å². The number of amides is 1. The molecule has 0 atom stereocenters. The molecule has 0 aliphatic carbocycles. The number of benzene rings is 1. The fourth-order valence-electron chi connectivity index (χ4n) is 2.55. The van der Waals surface area contributed by atoms with Crippen molar-refractivity contribution >= 4 is 35.1 Å². The summed E-state index contributed by atoms with van der Waals surface area (Å²) in [5, 5.41) is 0.963. The molecule has 0 unspecified atom stereocenters. The van der Waals surface area contributed by atoms with Crippen molar-refractivity contribution in [1.82, 2.24) is 4.90 Å². The highest BCUT2D eigenvalue weighted by Gasteiger charge is 2.21. The molecule has 1 fully saturated rings. The summed E-state index contributed by atoms with van der Waals surface area (Å²) in [4.78, 5) is 25.5. The lowest BCUT2D eigenvalue weighted by Gasteiger charge is -2.30. The lowest BCUT2D eigenvalue weighted by Crippen LogP contribution is -2.40. The Bertz CT molecular complexity index is 601. The van der Waals surface area contributed by atoms with Gasteiger partial charge in [-0.05, 0) is 43.4 Å². The summed E-state index contributed by atoms with van der Waals surface area (Å²) in [6, 6.07) is 4.96. The van der Waals surface area contributed by atoms with Crippen molar-refractivity contribution in [3.8, 4) is 5.75 Å². The first-order valence-corrected chi connectivity index (χ1v) is 9.22. The van der Waals surface area contributed by atoms with Crippen molar-refractivity contribution in [3.63, 3.8) is 0 Å². The zero-order valence-corrected chi connectivity index (χ0v) is 15.8. The van der Waals surface area contributed by atoms with E-state index in [9.17, 15) is 9.59 Å². The molecule has 0 saturated carbocycles. The molecule has 1 aliphatic rings. The molecule has 0 N–H and O–H groups in total. The first-order chi connectivity index (χ1) is 12.0. The van der Waals surface area contributed by atoms with Crippen LogP contribution >= 0.6 is 23.2 Å². The monoisotopic (exact) mass is 387 g/mol. The van der Waals surface area contributed by atoms with E-state index in [1.807, 2.05) is 0 Å². The van der Waals surface area contributed by atoms with Crippen LogP contribution in [0, 0.1) is 5.92 Å². The quantitative estimate of drug-likeness (QED) is 0.524. The van der Waals surface area contributed by atoms with Crippen LogP contribution in [0.25, 0.3) is 0 Å². The molecule has 1 aromatic carbocycles. The van der Waals surface area contributed by atoms with Crippen molar-refractivity contribution in [1.29, 1.82) is 0 Å². The maximum Gasteiger partial charge on any atom is 0.306 e. The second-order valence-corrected chi connectivity index (χ2v) is 7.09. The molecule has 0 spiro atoms. The van der Waals surface area contributed by atoms with Gasteiger partial charge in [-0.25, -0.2) is 0 Å². The normalized spacial score (nSPS) is 15.1. The molecule has 1 aromatic rings. The minimum Gasteiger partial charge on any atom is -0.492 e. The van der Waals surface area contributed by atoms with Gasteiger partial charge in [0.1, 0.15) is 5.75 Å². The van der Waals surface area contributed by atoms with Crippen LogP contribution in [0.3, 0.4) is 0 Å². The molecule has 0 radical (unpaired) electrons. The summed E-state index contributed by atoms with van der Waals surface area (Å²) in [6.07, 6.45) is 2.68. The van der Waals surface area contributed by atoms with Crippen LogP contribution in [-0.2, 0) is 14.3 Å². The van der Waals surface area contributed by atoms with Gasteiger partial charge in [-0.2, -0.15) is 0 Å². The van der Waals surface area contributed by atoms with Gasteiger partial charge in [0.2, 0.25) is 0 Å². The first kappa shape index (κ1) is 19.9. The van der Waals surface area contributed by atoms with E-state index in [2.05, 4.69) is 6.92 Å². The number of halogens is 2. The number of piperidine rings is 1. The van der Waals surface area contributed by atoms with E-state index >= 15 is 0 Å². The fraction of sp³-hybridized carbons (Fsp3) is 0.556. The Balaban J connectivity index is 1.60. The summed E-state index contributed by atoms with van der Waals surface area (Å²) in [5.74, 6) is 0.656. The zero-order valence-electron chi connectivity index (χ0n) is 14.3. The highest BCUT2D eigenvalue weighted by molar-refractivity contribution is 6.35. The van der Waals surface area contributed by atoms with Crippen molar-refractivity contribution < 1.29 is 19.1 Å². The molecule has 1 saturated heterocycles. The minimum atomic E-state index is -0.399. The van der Waals surface area contributed by atoms with Gasteiger partial charge in [0, 0.05) is 24.5 Å². The number of likely N-dealkylation sites (tertiary alicyclic amines) is 1. The molecule has 7 heteroatoms. The third kappa shape index (κ3) is 6.75. The smallest absolute Gasteiger partial charge is 0.306 e. The Morgan fingerprint density at radius 1 is 1.24 bits per heavy atom. The van der Waals surface area contributed by atoms with Crippen LogP contribution in [0.4, 0.5) is 0 Å². The van der Waals surface area contributed by atoms with E-state index in [-0.39, 0.29) is 18.9 Å². The average Bonchev–Trinajstić information content (AvgIpc) is 2.58. The SMILES string of the molecule is CC1CCN(C(=O)COC(=O)CCCOc2ccc(Cl)cc2Cl)CC1. The van der Waals surface area contributed by atoms with Gasteiger partial charge in [0.05, 0.1) is 11.6 Å². The predicted octanol–water partition coefficient (Wildman–Crippen LogP) is 3.95. The second-order valence-electron chi connectivity index (χ2n) is 6.25. The maximum absolute atomic E-state index is 12.0. The number of ether oxygens (including phenoxy) is 2. The number of hydrogen-bond acceptors (Lipinski definition) is 4. The molecule has 1 amide bonds. The van der Waals surface area contributed by atoms with Gasteiger partial charge < -0.3 is 14.4 Å². The van der Waals surface area contributed by atoms with Crippen LogP contribution in [0.15, 0.2) is 18.2 Å². The molecule has 2 rings (SSSR count). The average molecular weight is 388 g/mol. The fourth-order valence-corrected chi connectivity index (χ4v) is 3.02. The van der Waals surface area contributed by atoms with Crippen LogP contribution in [0.5, 0.6) is 5.75 Å². The summed E-state index contributed by atoms with van der Waals surface area (Å²) in [6.45, 7) is 3.81. The summed E-state index contributed by atoms with van der Waals surface area (Å²) in [5.41, 5.74) is 0. The van der Waals surface area contributed by atoms with Crippen LogP contribution in [-0.4, -0.2) is 43.1 Å². The molecular weight excluding hydrogens is 365 g/mol. The Morgan fingerprint density at radius 2 is 1.96 bits per heavy atom. The van der Waals surface area contributed by atoms with Crippen LogP contribution in [0.2, 0.25) is 10.0 Å². The van der Waals surface area contributed by atoms with Crippen molar-refractivity contribution in [3.05, 3.63) is 28.2 Å². The third-order valence-corrected chi connectivity index (χ3v) is 4.70. The lowest BCUT2D eigenvalue weighted by atomic mass is 9.99. The predicted molar refractivity (Wildman–Crippen MR) is 97.1 cm³/mol. The lowest BCUT2D eigenvalue weighted by molar-refractivity contribution is -0.152. The molecular formula is C18H23Cl2NO4. The van der Waals surface area contributed by atoms with E-state index in [0.717, 1.165) is 25.9 Å². The third-order valence-electron chi connectivity index (χ3n) is 4.17. The minimum absolute atomic E-state index is 0.121. The highest BCUT2D eigenvalue weighted by atomic mass is 35.5. The number of rotatable bonds is 7. The van der Waals surface area contributed by atoms with Gasteiger partial charge in [-0.3, -0.25) is 9.59 Å². The van der Waals surface area contributed by atoms with E-state index in [4.69, 9.17) is 32.7 Å². The summed E-state index contributed by atoms with van der Waals surface area (Å²) < 4.78 is 10.5. The van der Waals surface area contributed by atoms with Crippen molar-refractivity contribution in [2.75, 3.05) is 26.3 Å². The second kappa shape index (κ2) is 9.88. The zero-order chi connectivity index (χ0) is 18.2. The highest BCUT2D eigenvalue weighted by Crippen LogP contribution is 2.27. The van der Waals surface area contributed by atoms with E-state index in [1.54, 1.807) is 23.1 Å². The number of carbonyl (C=O) groups excluding carboxylic acids is 2. The van der Waals surface area contributed by atoms with E-state index in [0.29, 0.717) is 34.7 Å². The largest absolute Gasteiger partial charge is 0.492 e. The summed E-state index contributed by atoms with van der Waals surface area (Å²) >= 11 is 11.8. The number of esters is 1. The van der Waals surface area contributed by atoms with Gasteiger partial charge in [0.15, 0.2) is 6.61 Å². The van der Waals surface area contributed by atoms with Crippen LogP contribution < -0.4 is 4.74 Å². The van der Waals surface area contributed by atoms with Crippen molar-refractivity contribution in [2.45, 2.75) is 32.6 Å². The van der Waals surface area contributed by atoms with Gasteiger partial charge in [-0.1, -0.05) is 30.1 Å². The van der Waals surface area contributed by atoms with Crippen molar-refractivity contribution in [2.24, 2.45) is 5.92 Å². The standard InChI is InChI=1S/C18H23Cl2NO4/c1-13-6-8-21(9-7-13)17(22)12-25-18(23)3-2-10-24-16-5-4-14(19)11-15(16)20/h4-5,11,13H,2-3,6-10,12H2,1H3. The Morgan fingerprint density at radius 3 is 2.64 bits per heavy atom. The van der Waals surface area contributed by atoms with E-state index in [1.165, 1.54) is 0 Å². The van der Waals surface area contributed by atoms with E-state index < -0.39 is 5.97 Å². The first-order valence-electron chi connectivity index (χ1n) is 8.47. The molecule has 1 heterocycles. The number of hydrogen-bond donors (Lipinski definition) is 0. The Labute approximate surface area is 158 Å². The Hall–Kier alpha value is -1.46. The molecule has 1 aliphatic heterocycles. The molecule has 138 valence electrons. The summed E-state index contributed by atoms with van der Waals surface area (Å²) in [7, 11) is 0. The molecule has 0 aromatic heterocycles. The molecule has 0 bridgehead atoms. The number of carbonyl (C=O) groups is 2. The Kier molecular flexibility index (Phi) is 7.85.